The van der Waals surface area contributed by atoms with Crippen molar-refractivity contribution in [3.05, 3.63) is 59.2 Å². The summed E-state index contributed by atoms with van der Waals surface area (Å²) in [5.74, 6) is -0.919. The third-order valence-electron chi connectivity index (χ3n) is 2.79. The van der Waals surface area contributed by atoms with E-state index in [0.717, 1.165) is 29.7 Å². The Labute approximate surface area is 110 Å². The van der Waals surface area contributed by atoms with E-state index >= 15 is 0 Å². The summed E-state index contributed by atoms with van der Waals surface area (Å²) in [6, 6.07) is 9.16. The van der Waals surface area contributed by atoms with E-state index in [2.05, 4.69) is 0 Å². The molecule has 0 heterocycles. The maximum atomic E-state index is 13.1. The first kappa shape index (κ1) is 13.5. The van der Waals surface area contributed by atoms with E-state index in [1.807, 2.05) is 25.1 Å². The predicted octanol–water partition coefficient (Wildman–Crippen LogP) is 3.57. The van der Waals surface area contributed by atoms with Crippen molar-refractivity contribution in [1.82, 2.24) is 0 Å². The summed E-state index contributed by atoms with van der Waals surface area (Å²) >= 11 is 0. The van der Waals surface area contributed by atoms with Gasteiger partial charge in [0.2, 0.25) is 0 Å². The molecule has 0 radical (unpaired) electrons. The first-order chi connectivity index (χ1) is 9.10. The Hall–Kier alpha value is -1.94. The highest BCUT2D eigenvalue weighted by Crippen LogP contribution is 2.26. The molecular formula is C15H15F2NO. The molecule has 0 spiro atoms. The van der Waals surface area contributed by atoms with E-state index in [0.29, 0.717) is 12.3 Å². The van der Waals surface area contributed by atoms with Crippen LogP contribution in [0.4, 0.5) is 8.78 Å². The Morgan fingerprint density at radius 1 is 1.05 bits per heavy atom. The maximum absolute atomic E-state index is 13.1. The van der Waals surface area contributed by atoms with E-state index in [1.165, 1.54) is 6.07 Å². The van der Waals surface area contributed by atoms with Crippen molar-refractivity contribution in [1.29, 1.82) is 0 Å². The van der Waals surface area contributed by atoms with Gasteiger partial charge >= 0.3 is 0 Å². The van der Waals surface area contributed by atoms with Crippen LogP contribution in [0.15, 0.2) is 36.4 Å². The van der Waals surface area contributed by atoms with Gasteiger partial charge in [0.25, 0.3) is 0 Å². The molecule has 0 saturated carbocycles. The van der Waals surface area contributed by atoms with E-state index in [9.17, 15) is 8.78 Å². The highest BCUT2D eigenvalue weighted by molar-refractivity contribution is 5.40. The van der Waals surface area contributed by atoms with Gasteiger partial charge < -0.3 is 10.5 Å². The van der Waals surface area contributed by atoms with Gasteiger partial charge in [0.1, 0.15) is 11.5 Å². The largest absolute Gasteiger partial charge is 0.457 e. The molecule has 19 heavy (non-hydrogen) atoms. The molecular weight excluding hydrogens is 248 g/mol. The van der Waals surface area contributed by atoms with Gasteiger partial charge in [-0.1, -0.05) is 12.1 Å². The summed E-state index contributed by atoms with van der Waals surface area (Å²) in [6.07, 6.45) is 0.798. The molecule has 100 valence electrons. The predicted molar refractivity (Wildman–Crippen MR) is 70.4 cm³/mol. The summed E-state index contributed by atoms with van der Waals surface area (Å²) in [4.78, 5) is 0. The summed E-state index contributed by atoms with van der Waals surface area (Å²) in [7, 11) is 0. The second-order valence-electron chi connectivity index (χ2n) is 4.32. The first-order valence-electron chi connectivity index (χ1n) is 6.02. The minimum atomic E-state index is -0.921. The van der Waals surface area contributed by atoms with Gasteiger partial charge in [-0.15, -0.1) is 0 Å². The van der Waals surface area contributed by atoms with Crippen molar-refractivity contribution in [2.45, 2.75) is 13.3 Å². The van der Waals surface area contributed by atoms with Crippen molar-refractivity contribution < 1.29 is 13.5 Å². The van der Waals surface area contributed by atoms with Crippen molar-refractivity contribution >= 4 is 0 Å². The molecule has 2 nitrogen and oxygen atoms in total. The Balaban J connectivity index is 2.20. The van der Waals surface area contributed by atoms with Crippen molar-refractivity contribution in [3.8, 4) is 11.5 Å². The van der Waals surface area contributed by atoms with Gasteiger partial charge in [0.05, 0.1) is 0 Å². The van der Waals surface area contributed by atoms with E-state index < -0.39 is 11.6 Å². The number of ether oxygens (including phenoxy) is 1. The van der Waals surface area contributed by atoms with Crippen LogP contribution >= 0.6 is 0 Å². The molecule has 0 saturated heterocycles. The number of rotatable bonds is 4. The lowest BCUT2D eigenvalue weighted by Gasteiger charge is -2.10. The van der Waals surface area contributed by atoms with Crippen LogP contribution < -0.4 is 10.5 Å². The molecule has 0 unspecified atom stereocenters. The number of benzene rings is 2. The second-order valence-corrected chi connectivity index (χ2v) is 4.32. The van der Waals surface area contributed by atoms with Crippen LogP contribution in [0.1, 0.15) is 11.1 Å². The van der Waals surface area contributed by atoms with Gasteiger partial charge in [-0.25, -0.2) is 8.78 Å². The Morgan fingerprint density at radius 2 is 1.84 bits per heavy atom. The summed E-state index contributed by atoms with van der Waals surface area (Å²) in [5.41, 5.74) is 7.54. The number of hydrogen-bond acceptors (Lipinski definition) is 2. The van der Waals surface area contributed by atoms with Gasteiger partial charge in [0, 0.05) is 6.07 Å². The van der Waals surface area contributed by atoms with Crippen LogP contribution in [0.3, 0.4) is 0 Å². The zero-order valence-corrected chi connectivity index (χ0v) is 10.6. The van der Waals surface area contributed by atoms with Crippen LogP contribution in [-0.2, 0) is 6.42 Å². The van der Waals surface area contributed by atoms with E-state index in [4.69, 9.17) is 10.5 Å². The molecule has 2 aromatic rings. The molecule has 0 bridgehead atoms. The molecule has 0 atom stereocenters. The summed E-state index contributed by atoms with van der Waals surface area (Å²) < 4.78 is 31.4. The fraction of sp³-hybridized carbons (Fsp3) is 0.200. The average Bonchev–Trinajstić information content (AvgIpc) is 2.37. The zero-order valence-electron chi connectivity index (χ0n) is 10.6. The highest BCUT2D eigenvalue weighted by atomic mass is 19.2. The SMILES string of the molecule is Cc1cc(CCN)ccc1Oc1ccc(F)c(F)c1. The van der Waals surface area contributed by atoms with Gasteiger partial charge in [-0.2, -0.15) is 0 Å². The van der Waals surface area contributed by atoms with Gasteiger partial charge in [0.15, 0.2) is 11.6 Å². The second kappa shape index (κ2) is 5.80. The molecule has 2 rings (SSSR count). The fourth-order valence-electron chi connectivity index (χ4n) is 1.82. The van der Waals surface area contributed by atoms with Crippen LogP contribution in [0.25, 0.3) is 0 Å². The summed E-state index contributed by atoms with van der Waals surface area (Å²) in [5, 5.41) is 0. The van der Waals surface area contributed by atoms with Crippen LogP contribution in [-0.4, -0.2) is 6.54 Å². The smallest absolute Gasteiger partial charge is 0.162 e. The monoisotopic (exact) mass is 263 g/mol. The quantitative estimate of drug-likeness (QED) is 0.915. The van der Waals surface area contributed by atoms with Crippen LogP contribution in [0.5, 0.6) is 11.5 Å². The average molecular weight is 263 g/mol. The molecule has 0 amide bonds. The third kappa shape index (κ3) is 3.29. The lowest BCUT2D eigenvalue weighted by Crippen LogP contribution is -2.02. The number of hydrogen-bond donors (Lipinski definition) is 1. The van der Waals surface area contributed by atoms with Crippen molar-refractivity contribution in [2.75, 3.05) is 6.54 Å². The first-order valence-corrected chi connectivity index (χ1v) is 6.02. The van der Waals surface area contributed by atoms with Gasteiger partial charge in [-0.05, 0) is 49.2 Å². The Morgan fingerprint density at radius 3 is 2.47 bits per heavy atom. The Kier molecular flexibility index (Phi) is 4.12. The van der Waals surface area contributed by atoms with E-state index in [-0.39, 0.29) is 5.75 Å². The molecule has 0 aliphatic heterocycles. The van der Waals surface area contributed by atoms with Crippen LogP contribution in [0, 0.1) is 18.6 Å². The molecule has 4 heteroatoms. The minimum absolute atomic E-state index is 0.272. The fourth-order valence-corrected chi connectivity index (χ4v) is 1.82. The van der Waals surface area contributed by atoms with Crippen molar-refractivity contribution in [3.63, 3.8) is 0 Å². The molecule has 0 aromatic heterocycles. The number of aryl methyl sites for hydroxylation is 1. The minimum Gasteiger partial charge on any atom is -0.457 e. The standard InChI is InChI=1S/C15H15F2NO/c1-10-8-11(6-7-18)2-5-15(10)19-12-3-4-13(16)14(17)9-12/h2-5,8-9H,6-7,18H2,1H3. The molecule has 0 aliphatic carbocycles. The van der Waals surface area contributed by atoms with Gasteiger partial charge in [-0.3, -0.25) is 0 Å². The molecule has 0 fully saturated rings. The van der Waals surface area contributed by atoms with Crippen LogP contribution in [0.2, 0.25) is 0 Å². The number of nitrogens with two attached hydrogens (primary N) is 1. The number of halogens is 2. The molecule has 2 N–H and O–H groups in total. The summed E-state index contributed by atoms with van der Waals surface area (Å²) in [6.45, 7) is 2.48. The lowest BCUT2D eigenvalue weighted by molar-refractivity contribution is 0.459. The molecule has 0 aliphatic rings. The Bertz CT molecular complexity index is 584. The maximum Gasteiger partial charge on any atom is 0.162 e. The topological polar surface area (TPSA) is 35.2 Å². The normalized spacial score (nSPS) is 10.5. The highest BCUT2D eigenvalue weighted by Gasteiger charge is 2.06. The third-order valence-corrected chi connectivity index (χ3v) is 2.79. The lowest BCUT2D eigenvalue weighted by atomic mass is 10.1. The van der Waals surface area contributed by atoms with E-state index in [1.54, 1.807) is 0 Å². The molecule has 2 aromatic carbocycles. The van der Waals surface area contributed by atoms with Crippen molar-refractivity contribution in [2.24, 2.45) is 5.73 Å². The zero-order chi connectivity index (χ0) is 13.8.